The Balaban J connectivity index is 0.981. The van der Waals surface area contributed by atoms with E-state index in [1.807, 2.05) is 91.0 Å². The zero-order valence-electron chi connectivity index (χ0n) is 30.3. The fourth-order valence-electron chi connectivity index (χ4n) is 8.20. The number of para-hydroxylation sites is 3. The Morgan fingerprint density at radius 2 is 0.719 bits per heavy atom. The summed E-state index contributed by atoms with van der Waals surface area (Å²) < 4.78 is 18.9. The molecule has 4 aromatic heterocycles. The molecule has 0 N–H and O–H groups in total. The van der Waals surface area contributed by atoms with Crippen LogP contribution in [0.25, 0.3) is 122 Å². The van der Waals surface area contributed by atoms with Crippen molar-refractivity contribution in [1.29, 1.82) is 0 Å². The second kappa shape index (κ2) is 12.3. The van der Waals surface area contributed by atoms with E-state index in [0.29, 0.717) is 17.5 Å². The molecule has 0 unspecified atom stereocenters. The third-order valence-corrected chi connectivity index (χ3v) is 11.0. The summed E-state index contributed by atoms with van der Waals surface area (Å²) in [6, 6.07) is 59.9. The van der Waals surface area contributed by atoms with E-state index in [1.54, 1.807) is 0 Å². The van der Waals surface area contributed by atoms with Crippen LogP contribution < -0.4 is 0 Å². The monoisotopic (exact) mass is 731 g/mol. The van der Waals surface area contributed by atoms with Crippen LogP contribution >= 0.6 is 0 Å². The molecular formula is C51H29N3O3. The average molecular weight is 732 g/mol. The molecule has 8 aromatic carbocycles. The number of nitrogens with zero attached hydrogens (tertiary/aromatic N) is 3. The van der Waals surface area contributed by atoms with Gasteiger partial charge in [0.15, 0.2) is 17.5 Å². The molecule has 0 saturated carbocycles. The van der Waals surface area contributed by atoms with Gasteiger partial charge in [0.1, 0.15) is 33.5 Å². The summed E-state index contributed by atoms with van der Waals surface area (Å²) in [5.41, 5.74) is 12.1. The van der Waals surface area contributed by atoms with Gasteiger partial charge in [-0.1, -0.05) is 121 Å². The van der Waals surface area contributed by atoms with E-state index < -0.39 is 0 Å². The molecule has 0 spiro atoms. The molecule has 57 heavy (non-hydrogen) atoms. The molecule has 12 rings (SSSR count). The van der Waals surface area contributed by atoms with Crippen LogP contribution in [-0.4, -0.2) is 15.0 Å². The zero-order valence-corrected chi connectivity index (χ0v) is 30.3. The first-order valence-corrected chi connectivity index (χ1v) is 18.9. The molecule has 6 heteroatoms. The number of aromatic nitrogens is 3. The molecule has 0 saturated heterocycles. The highest BCUT2D eigenvalue weighted by Crippen LogP contribution is 2.43. The number of hydrogen-bond donors (Lipinski definition) is 0. The van der Waals surface area contributed by atoms with Crippen molar-refractivity contribution in [2.24, 2.45) is 0 Å². The number of fused-ring (bicyclic) bond motifs is 9. The maximum Gasteiger partial charge on any atom is 0.164 e. The fraction of sp³-hybridized carbons (Fsp3) is 0. The first-order valence-electron chi connectivity index (χ1n) is 18.9. The second-order valence-electron chi connectivity index (χ2n) is 14.3. The first kappa shape index (κ1) is 31.5. The predicted molar refractivity (Wildman–Crippen MR) is 229 cm³/mol. The molecule has 0 aliphatic heterocycles. The van der Waals surface area contributed by atoms with Crippen molar-refractivity contribution in [3.05, 3.63) is 176 Å². The lowest BCUT2D eigenvalue weighted by Gasteiger charge is -2.11. The molecule has 4 heterocycles. The van der Waals surface area contributed by atoms with E-state index in [9.17, 15) is 0 Å². The quantitative estimate of drug-likeness (QED) is 0.175. The highest BCUT2D eigenvalue weighted by molar-refractivity contribution is 6.17. The van der Waals surface area contributed by atoms with Crippen LogP contribution in [0.5, 0.6) is 0 Å². The Morgan fingerprint density at radius 1 is 0.281 bits per heavy atom. The molecule has 266 valence electrons. The molecule has 12 aromatic rings. The highest BCUT2D eigenvalue weighted by atomic mass is 16.3. The molecule has 0 radical (unpaired) electrons. The summed E-state index contributed by atoms with van der Waals surface area (Å²) in [5, 5.41) is 6.41. The SMILES string of the molecule is c1ccc(-c2nc(-c3ccc(-c4ccc(-c5ccc6oc7ccccc7c6c5)c5oc6ccccc6c45)cc3)nc(-c3ccc4oc5ccccc5c4c3)n2)cc1. The highest BCUT2D eigenvalue weighted by Gasteiger charge is 2.19. The lowest BCUT2D eigenvalue weighted by molar-refractivity contribution is 0.668. The van der Waals surface area contributed by atoms with Crippen LogP contribution in [0, 0.1) is 0 Å². The first-order chi connectivity index (χ1) is 28.2. The summed E-state index contributed by atoms with van der Waals surface area (Å²) in [4.78, 5) is 15.1. The van der Waals surface area contributed by atoms with E-state index in [4.69, 9.17) is 28.2 Å². The Morgan fingerprint density at radius 3 is 1.37 bits per heavy atom. The second-order valence-corrected chi connectivity index (χ2v) is 14.3. The zero-order chi connectivity index (χ0) is 37.5. The summed E-state index contributed by atoms with van der Waals surface area (Å²) in [6.07, 6.45) is 0. The van der Waals surface area contributed by atoms with Crippen molar-refractivity contribution < 1.29 is 13.3 Å². The Kier molecular flexibility index (Phi) is 6.83. The van der Waals surface area contributed by atoms with Crippen molar-refractivity contribution in [1.82, 2.24) is 15.0 Å². The van der Waals surface area contributed by atoms with E-state index in [-0.39, 0.29) is 0 Å². The molecule has 0 aliphatic rings. The smallest absolute Gasteiger partial charge is 0.164 e. The number of furan rings is 3. The van der Waals surface area contributed by atoms with Gasteiger partial charge in [0.05, 0.1) is 0 Å². The largest absolute Gasteiger partial charge is 0.456 e. The van der Waals surface area contributed by atoms with Gasteiger partial charge in [-0.15, -0.1) is 0 Å². The van der Waals surface area contributed by atoms with Crippen molar-refractivity contribution in [2.75, 3.05) is 0 Å². The van der Waals surface area contributed by atoms with Gasteiger partial charge in [0.2, 0.25) is 0 Å². The van der Waals surface area contributed by atoms with E-state index >= 15 is 0 Å². The van der Waals surface area contributed by atoms with Crippen LogP contribution in [0.15, 0.2) is 189 Å². The number of benzene rings is 8. The maximum absolute atomic E-state index is 6.67. The molecular weight excluding hydrogens is 703 g/mol. The van der Waals surface area contributed by atoms with Crippen LogP contribution in [0.3, 0.4) is 0 Å². The standard InChI is InChI=1S/C51H29N3O3/c1-2-10-31(11-3-1)49-52-50(54-51(53-49)34-23-27-46-41(29-34)38-13-5-8-16-43(38)56-46)32-20-18-30(19-21-32)35-24-25-36(48-47(35)39-14-6-9-17-44(39)57-48)33-22-26-45-40(28-33)37-12-4-7-15-42(37)55-45/h1-29H. The van der Waals surface area contributed by atoms with Gasteiger partial charge in [-0.25, -0.2) is 15.0 Å². The molecule has 0 atom stereocenters. The lowest BCUT2D eigenvalue weighted by atomic mass is 9.93. The normalized spacial score (nSPS) is 11.9. The van der Waals surface area contributed by atoms with Gasteiger partial charge in [0.25, 0.3) is 0 Å². The van der Waals surface area contributed by atoms with Crippen molar-refractivity contribution >= 4 is 65.8 Å². The minimum atomic E-state index is 0.596. The summed E-state index contributed by atoms with van der Waals surface area (Å²) in [7, 11) is 0. The van der Waals surface area contributed by atoms with E-state index in [0.717, 1.165) is 105 Å². The fourth-order valence-corrected chi connectivity index (χ4v) is 8.20. The third-order valence-electron chi connectivity index (χ3n) is 11.0. The molecule has 6 nitrogen and oxygen atoms in total. The summed E-state index contributed by atoms with van der Waals surface area (Å²) >= 11 is 0. The van der Waals surface area contributed by atoms with E-state index in [1.165, 1.54) is 0 Å². The van der Waals surface area contributed by atoms with Crippen molar-refractivity contribution in [3.63, 3.8) is 0 Å². The topological polar surface area (TPSA) is 78.1 Å². The average Bonchev–Trinajstić information content (AvgIpc) is 3.97. The van der Waals surface area contributed by atoms with Gasteiger partial charge in [0, 0.05) is 54.6 Å². The van der Waals surface area contributed by atoms with Crippen molar-refractivity contribution in [3.8, 4) is 56.4 Å². The van der Waals surface area contributed by atoms with Gasteiger partial charge in [-0.05, 0) is 71.3 Å². The van der Waals surface area contributed by atoms with Gasteiger partial charge in [-0.3, -0.25) is 0 Å². The number of rotatable bonds is 5. The van der Waals surface area contributed by atoms with Crippen LogP contribution in [0.4, 0.5) is 0 Å². The maximum atomic E-state index is 6.67. The minimum Gasteiger partial charge on any atom is -0.456 e. The van der Waals surface area contributed by atoms with Crippen LogP contribution in [0.2, 0.25) is 0 Å². The van der Waals surface area contributed by atoms with E-state index in [2.05, 4.69) is 84.9 Å². The van der Waals surface area contributed by atoms with Gasteiger partial charge in [-0.2, -0.15) is 0 Å². The van der Waals surface area contributed by atoms with Gasteiger partial charge >= 0.3 is 0 Å². The predicted octanol–water partition coefficient (Wildman–Crippen LogP) is 13.9. The Bertz CT molecular complexity index is 3520. The van der Waals surface area contributed by atoms with Crippen LogP contribution in [-0.2, 0) is 0 Å². The Labute approximate surface area is 325 Å². The summed E-state index contributed by atoms with van der Waals surface area (Å²) in [6.45, 7) is 0. The third kappa shape index (κ3) is 5.08. The van der Waals surface area contributed by atoms with Gasteiger partial charge < -0.3 is 13.3 Å². The van der Waals surface area contributed by atoms with Crippen LogP contribution in [0.1, 0.15) is 0 Å². The Hall–Kier alpha value is -7.83. The van der Waals surface area contributed by atoms with Crippen molar-refractivity contribution in [2.45, 2.75) is 0 Å². The minimum absolute atomic E-state index is 0.596. The number of hydrogen-bond acceptors (Lipinski definition) is 6. The summed E-state index contributed by atoms with van der Waals surface area (Å²) in [5.74, 6) is 1.80. The lowest BCUT2D eigenvalue weighted by Crippen LogP contribution is -2.00. The molecule has 0 amide bonds. The molecule has 0 aliphatic carbocycles. The molecule has 0 fully saturated rings. The molecule has 0 bridgehead atoms.